The Balaban J connectivity index is 1.33. The van der Waals surface area contributed by atoms with Gasteiger partial charge < -0.3 is 19.9 Å². The van der Waals surface area contributed by atoms with Gasteiger partial charge in [0.2, 0.25) is 0 Å². The van der Waals surface area contributed by atoms with Gasteiger partial charge in [-0.3, -0.25) is 4.68 Å². The van der Waals surface area contributed by atoms with Crippen molar-refractivity contribution in [3.05, 3.63) is 48.0 Å². The molecule has 0 unspecified atom stereocenters. The van der Waals surface area contributed by atoms with Crippen LogP contribution in [-0.4, -0.2) is 57.1 Å². The summed E-state index contributed by atoms with van der Waals surface area (Å²) in [5, 5.41) is 15.2. The zero-order valence-corrected chi connectivity index (χ0v) is 24.6. The molecule has 5 heterocycles. The van der Waals surface area contributed by atoms with E-state index in [0.29, 0.717) is 19.8 Å². The molecular formula is C27H33ClFN9OSi. The van der Waals surface area contributed by atoms with E-state index in [-0.39, 0.29) is 35.0 Å². The quantitative estimate of drug-likeness (QED) is 0.151. The average Bonchev–Trinajstić information content (AvgIpc) is 3.67. The van der Waals surface area contributed by atoms with Crippen molar-refractivity contribution in [2.24, 2.45) is 5.92 Å². The highest BCUT2D eigenvalue weighted by Gasteiger charge is 2.33. The van der Waals surface area contributed by atoms with E-state index >= 15 is 0 Å². The van der Waals surface area contributed by atoms with Crippen LogP contribution in [0.5, 0.6) is 0 Å². The van der Waals surface area contributed by atoms with E-state index in [1.54, 1.807) is 12.5 Å². The minimum absolute atomic E-state index is 0.0599. The summed E-state index contributed by atoms with van der Waals surface area (Å²) in [6.07, 6.45) is 8.22. The van der Waals surface area contributed by atoms with Gasteiger partial charge in [-0.05, 0) is 18.5 Å². The Labute approximate surface area is 238 Å². The van der Waals surface area contributed by atoms with E-state index in [1.807, 2.05) is 32.6 Å². The van der Waals surface area contributed by atoms with Crippen molar-refractivity contribution in [2.45, 2.75) is 51.3 Å². The van der Waals surface area contributed by atoms with Crippen LogP contribution in [0.1, 0.15) is 18.9 Å². The molecule has 1 saturated heterocycles. The number of hydrogen-bond donors (Lipinski definition) is 1. The van der Waals surface area contributed by atoms with Crippen LogP contribution in [0.2, 0.25) is 30.8 Å². The topological polar surface area (TPSA) is 124 Å². The minimum Gasteiger partial charge on any atom is -0.396 e. The van der Waals surface area contributed by atoms with Crippen molar-refractivity contribution in [3.63, 3.8) is 0 Å². The number of rotatable bonds is 10. The van der Waals surface area contributed by atoms with Crippen LogP contribution in [-0.2, 0) is 11.5 Å². The van der Waals surface area contributed by atoms with Gasteiger partial charge in [0.1, 0.15) is 18.7 Å². The lowest BCUT2D eigenvalue weighted by Crippen LogP contribution is -2.26. The smallest absolute Gasteiger partial charge is 0.167 e. The van der Waals surface area contributed by atoms with Crippen LogP contribution in [0.15, 0.2) is 37.1 Å². The Morgan fingerprint density at radius 1 is 1.32 bits per heavy atom. The van der Waals surface area contributed by atoms with Gasteiger partial charge in [0.15, 0.2) is 16.8 Å². The molecule has 5 rings (SSSR count). The fraction of sp³-hybridized carbons (Fsp3) is 0.444. The number of nitriles is 1. The van der Waals surface area contributed by atoms with Gasteiger partial charge in [0.05, 0.1) is 36.1 Å². The van der Waals surface area contributed by atoms with E-state index in [2.05, 4.69) is 45.8 Å². The normalized spacial score (nSPS) is 16.5. The Morgan fingerprint density at radius 2 is 2.15 bits per heavy atom. The summed E-state index contributed by atoms with van der Waals surface area (Å²) in [5.74, 6) is -0.275. The molecule has 0 bridgehead atoms. The number of fused-ring (bicyclic) bond motifs is 1. The number of aromatic nitrogens is 6. The largest absolute Gasteiger partial charge is 0.396 e. The second kappa shape index (κ2) is 11.5. The first-order valence-corrected chi connectivity index (χ1v) is 17.4. The molecule has 13 heteroatoms. The molecule has 0 spiro atoms. The van der Waals surface area contributed by atoms with E-state index in [1.165, 1.54) is 6.07 Å². The summed E-state index contributed by atoms with van der Waals surface area (Å²) >= 11 is 6.06. The van der Waals surface area contributed by atoms with Gasteiger partial charge in [-0.15, -0.1) is 0 Å². The minimum atomic E-state index is -1.16. The summed E-state index contributed by atoms with van der Waals surface area (Å²) in [6.45, 7) is 9.26. The van der Waals surface area contributed by atoms with Crippen molar-refractivity contribution >= 4 is 42.2 Å². The molecule has 4 aromatic heterocycles. The molecule has 0 aromatic carbocycles. The van der Waals surface area contributed by atoms with Crippen LogP contribution < -0.4 is 10.6 Å². The number of halogens is 2. The molecule has 210 valence electrons. The summed E-state index contributed by atoms with van der Waals surface area (Å²) < 4.78 is 24.3. The first kappa shape index (κ1) is 28.0. The van der Waals surface area contributed by atoms with Crippen molar-refractivity contribution in [1.29, 1.82) is 5.26 Å². The molecule has 1 aliphatic rings. The standard InChI is InChI=1S/C27H33ClFN9OSi/c1-40(2,3)11-10-39-17-37-9-6-20-24(32-16-33-26(20)37)19-13-34-38(15-19)23(4-7-30)18-5-8-36(14-18)27-21(29)12-22(31)25(28)35-27/h6,9,12-13,15-16,18,23H,4-5,8,10-11,14,17,31H2,1-3H3/t18-,23-/m0/s1. The highest BCUT2D eigenvalue weighted by atomic mass is 35.5. The molecule has 1 aliphatic heterocycles. The highest BCUT2D eigenvalue weighted by molar-refractivity contribution is 6.76. The molecule has 0 amide bonds. The molecule has 0 radical (unpaired) electrons. The van der Waals surface area contributed by atoms with E-state index < -0.39 is 13.9 Å². The number of hydrogen-bond acceptors (Lipinski definition) is 8. The van der Waals surface area contributed by atoms with Gasteiger partial charge in [-0.1, -0.05) is 31.2 Å². The molecular weight excluding hydrogens is 549 g/mol. The average molecular weight is 582 g/mol. The van der Waals surface area contributed by atoms with Gasteiger partial charge in [0.25, 0.3) is 0 Å². The van der Waals surface area contributed by atoms with Crippen LogP contribution in [0.25, 0.3) is 22.3 Å². The van der Waals surface area contributed by atoms with Gasteiger partial charge in [-0.2, -0.15) is 10.4 Å². The highest BCUT2D eigenvalue weighted by Crippen LogP contribution is 2.35. The number of ether oxygens (including phenoxy) is 1. The zero-order valence-electron chi connectivity index (χ0n) is 22.9. The van der Waals surface area contributed by atoms with Crippen LogP contribution in [0.4, 0.5) is 15.9 Å². The lowest BCUT2D eigenvalue weighted by Gasteiger charge is -2.23. The zero-order chi connectivity index (χ0) is 28.4. The first-order chi connectivity index (χ1) is 19.1. The van der Waals surface area contributed by atoms with Crippen molar-refractivity contribution in [3.8, 4) is 17.3 Å². The van der Waals surface area contributed by atoms with Crippen molar-refractivity contribution in [1.82, 2.24) is 29.3 Å². The Kier molecular flexibility index (Phi) is 8.07. The monoisotopic (exact) mass is 581 g/mol. The second-order valence-corrected chi connectivity index (χ2v) is 17.4. The Hall–Kier alpha value is -3.53. The summed E-state index contributed by atoms with van der Waals surface area (Å²) in [7, 11) is -1.16. The predicted octanol–water partition coefficient (Wildman–Crippen LogP) is 5.36. The van der Waals surface area contributed by atoms with E-state index in [9.17, 15) is 9.65 Å². The van der Waals surface area contributed by atoms with Gasteiger partial charge >= 0.3 is 0 Å². The maximum atomic E-state index is 14.6. The predicted molar refractivity (Wildman–Crippen MR) is 156 cm³/mol. The number of pyridine rings is 1. The third-order valence-corrected chi connectivity index (χ3v) is 9.31. The molecule has 0 saturated carbocycles. The maximum absolute atomic E-state index is 14.6. The number of nitrogen functional groups attached to an aromatic ring is 1. The lowest BCUT2D eigenvalue weighted by molar-refractivity contribution is 0.0899. The second-order valence-electron chi connectivity index (χ2n) is 11.4. The third-order valence-electron chi connectivity index (χ3n) is 7.30. The Bertz CT molecular complexity index is 1540. The molecule has 2 N–H and O–H groups in total. The molecule has 4 aromatic rings. The number of nitrogens with zero attached hydrogens (tertiary/aromatic N) is 8. The Morgan fingerprint density at radius 3 is 2.92 bits per heavy atom. The van der Waals surface area contributed by atoms with Crippen LogP contribution >= 0.6 is 11.6 Å². The molecule has 2 atom stereocenters. The molecule has 1 fully saturated rings. The molecule has 10 nitrogen and oxygen atoms in total. The summed E-state index contributed by atoms with van der Waals surface area (Å²) in [4.78, 5) is 15.1. The fourth-order valence-corrected chi connectivity index (χ4v) is 5.97. The number of anilines is 2. The van der Waals surface area contributed by atoms with Gasteiger partial charge in [0, 0.05) is 63.1 Å². The third kappa shape index (κ3) is 5.96. The van der Waals surface area contributed by atoms with Crippen LogP contribution in [0, 0.1) is 23.1 Å². The summed E-state index contributed by atoms with van der Waals surface area (Å²) in [6, 6.07) is 6.39. The van der Waals surface area contributed by atoms with E-state index in [0.717, 1.165) is 41.4 Å². The van der Waals surface area contributed by atoms with Crippen LogP contribution in [0.3, 0.4) is 0 Å². The lowest BCUT2D eigenvalue weighted by atomic mass is 9.96. The molecule has 0 aliphatic carbocycles. The van der Waals surface area contributed by atoms with Crippen molar-refractivity contribution < 1.29 is 9.13 Å². The summed E-state index contributed by atoms with van der Waals surface area (Å²) in [5.41, 5.74) is 8.19. The van der Waals surface area contributed by atoms with E-state index in [4.69, 9.17) is 22.1 Å². The first-order valence-electron chi connectivity index (χ1n) is 13.3. The maximum Gasteiger partial charge on any atom is 0.167 e. The SMILES string of the molecule is C[Si](C)(C)CCOCn1ccc2c(-c3cnn([C@@H](CC#N)[C@H]4CCN(c5nc(Cl)c(N)cc5F)C4)c3)ncnc21. The fourth-order valence-electron chi connectivity index (χ4n) is 5.08. The van der Waals surface area contributed by atoms with Crippen molar-refractivity contribution in [2.75, 3.05) is 30.3 Å². The molecule has 40 heavy (non-hydrogen) atoms. The van der Waals surface area contributed by atoms with Gasteiger partial charge in [-0.25, -0.2) is 19.3 Å². The number of nitrogens with two attached hydrogens (primary N) is 1.